The van der Waals surface area contributed by atoms with Crippen molar-refractivity contribution in [2.75, 3.05) is 36.3 Å². The first-order valence-electron chi connectivity index (χ1n) is 11.0. The number of anilines is 1. The van der Waals surface area contributed by atoms with Gasteiger partial charge in [-0.05, 0) is 54.7 Å². The quantitative estimate of drug-likeness (QED) is 0.0942. The summed E-state index contributed by atoms with van der Waals surface area (Å²) in [4.78, 5) is 1.82. The minimum atomic E-state index is -2.62. The molecule has 184 valence electrons. The fraction of sp³-hybridized carbons (Fsp3) is 0.417. The maximum Gasteiger partial charge on any atom is 0.272 e. The first kappa shape index (κ1) is 26.0. The van der Waals surface area contributed by atoms with E-state index in [0.29, 0.717) is 25.2 Å². The van der Waals surface area contributed by atoms with Crippen LogP contribution >= 0.6 is 11.9 Å². The number of halogens is 4. The summed E-state index contributed by atoms with van der Waals surface area (Å²) in [6.07, 6.45) is -1.87. The van der Waals surface area contributed by atoms with E-state index in [0.717, 1.165) is 23.4 Å². The molecule has 0 bridgehead atoms. The highest BCUT2D eigenvalue weighted by Crippen LogP contribution is 2.28. The van der Waals surface area contributed by atoms with Gasteiger partial charge in [-0.25, -0.2) is 17.6 Å². The van der Waals surface area contributed by atoms with Gasteiger partial charge in [-0.1, -0.05) is 30.3 Å². The molecule has 0 radical (unpaired) electrons. The lowest BCUT2D eigenvalue weighted by Gasteiger charge is -2.24. The molecule has 0 atom stereocenters. The lowest BCUT2D eigenvalue weighted by molar-refractivity contribution is 0.0123. The Labute approximate surface area is 201 Å². The lowest BCUT2D eigenvalue weighted by atomic mass is 10.1. The van der Waals surface area contributed by atoms with E-state index < -0.39 is 19.0 Å². The van der Waals surface area contributed by atoms with Crippen LogP contribution in [0.1, 0.15) is 24.0 Å². The largest absolute Gasteiger partial charge is 0.470 e. The van der Waals surface area contributed by atoms with Crippen molar-refractivity contribution in [1.29, 1.82) is 0 Å². The van der Waals surface area contributed by atoms with Crippen molar-refractivity contribution >= 4 is 30.3 Å². The van der Waals surface area contributed by atoms with E-state index in [2.05, 4.69) is 21.2 Å². The Morgan fingerprint density at radius 3 is 2.50 bits per heavy atom. The summed E-state index contributed by atoms with van der Waals surface area (Å²) in [6, 6.07) is 17.1. The fourth-order valence-electron chi connectivity index (χ4n) is 3.56. The van der Waals surface area contributed by atoms with Gasteiger partial charge in [0.2, 0.25) is 5.90 Å². The highest BCUT2D eigenvalue weighted by Gasteiger charge is 2.37. The second kappa shape index (κ2) is 12.8. The molecule has 1 aliphatic heterocycles. The van der Waals surface area contributed by atoms with E-state index in [1.807, 2.05) is 47.4 Å². The summed E-state index contributed by atoms with van der Waals surface area (Å²) in [5.74, 6) is -1.78. The van der Waals surface area contributed by atoms with Crippen molar-refractivity contribution < 1.29 is 22.3 Å². The SMILES string of the molecule is C=N/N=C(\OCC(F)F)c1ccc(CN(SCCCN2CCC(F)(F)C2)c2ccccc2)cc1. The highest BCUT2D eigenvalue weighted by atomic mass is 32.2. The van der Waals surface area contributed by atoms with Crippen LogP contribution in [0.15, 0.2) is 64.8 Å². The number of benzene rings is 2. The normalized spacial score (nSPS) is 16.1. The molecule has 2 aromatic carbocycles. The molecule has 0 aliphatic carbocycles. The predicted molar refractivity (Wildman–Crippen MR) is 130 cm³/mol. The topological polar surface area (TPSA) is 40.4 Å². The Balaban J connectivity index is 1.60. The van der Waals surface area contributed by atoms with Gasteiger partial charge in [-0.15, -0.1) is 5.10 Å². The molecule has 5 nitrogen and oxygen atoms in total. The Kier molecular flexibility index (Phi) is 9.76. The standard InChI is InChI=1S/C24H28F4N4OS/c1-29-30-23(33-17-22(25)26)20-10-8-19(9-11-20)16-32(21-6-3-2-4-7-21)34-15-5-13-31-14-12-24(27,28)18-31/h2-4,6-11,22H,1,5,12-18H2/b30-23-. The Morgan fingerprint density at radius 2 is 1.88 bits per heavy atom. The average molecular weight is 497 g/mol. The molecule has 2 aromatic rings. The van der Waals surface area contributed by atoms with Gasteiger partial charge in [0.05, 0.1) is 13.1 Å². The fourth-order valence-corrected chi connectivity index (χ4v) is 4.55. The number of likely N-dealkylation sites (tertiary alicyclic amines) is 1. The van der Waals surface area contributed by atoms with Crippen LogP contribution < -0.4 is 4.31 Å². The average Bonchev–Trinajstić information content (AvgIpc) is 3.18. The molecule has 1 heterocycles. The molecule has 1 aliphatic rings. The molecule has 1 saturated heterocycles. The van der Waals surface area contributed by atoms with E-state index in [1.54, 1.807) is 24.1 Å². The number of hydrogen-bond acceptors (Lipinski definition) is 6. The zero-order chi connectivity index (χ0) is 24.4. The number of hydrogen-bond donors (Lipinski definition) is 0. The van der Waals surface area contributed by atoms with Gasteiger partial charge in [0.1, 0.15) is 0 Å². The van der Waals surface area contributed by atoms with Gasteiger partial charge in [-0.2, -0.15) is 5.10 Å². The third kappa shape index (κ3) is 8.32. The minimum absolute atomic E-state index is 0.0105. The van der Waals surface area contributed by atoms with Crippen LogP contribution in [-0.4, -0.2) is 61.9 Å². The van der Waals surface area contributed by atoms with E-state index in [4.69, 9.17) is 4.74 Å². The van der Waals surface area contributed by atoms with Crippen LogP contribution in [0.2, 0.25) is 0 Å². The predicted octanol–water partition coefficient (Wildman–Crippen LogP) is 5.72. The first-order chi connectivity index (χ1) is 16.4. The molecule has 3 rings (SSSR count). The molecule has 0 aromatic heterocycles. The van der Waals surface area contributed by atoms with Crippen molar-refractivity contribution in [3.8, 4) is 0 Å². The zero-order valence-corrected chi connectivity index (χ0v) is 19.6. The van der Waals surface area contributed by atoms with Gasteiger partial charge < -0.3 is 9.04 Å². The molecule has 0 N–H and O–H groups in total. The van der Waals surface area contributed by atoms with E-state index in [-0.39, 0.29) is 18.9 Å². The Bertz CT molecular complexity index is 928. The third-order valence-corrected chi connectivity index (χ3v) is 6.32. The summed E-state index contributed by atoms with van der Waals surface area (Å²) in [5.41, 5.74) is 2.56. The molecular formula is C24H28F4N4OS. The molecule has 1 fully saturated rings. The Morgan fingerprint density at radius 1 is 1.15 bits per heavy atom. The zero-order valence-electron chi connectivity index (χ0n) is 18.8. The van der Waals surface area contributed by atoms with E-state index >= 15 is 0 Å². The Hall–Kier alpha value is -2.59. The highest BCUT2D eigenvalue weighted by molar-refractivity contribution is 8.00. The summed E-state index contributed by atoms with van der Waals surface area (Å²) in [6.45, 7) is 4.02. The van der Waals surface area contributed by atoms with Crippen LogP contribution in [0.5, 0.6) is 0 Å². The van der Waals surface area contributed by atoms with Crippen molar-refractivity contribution in [3.05, 3.63) is 65.7 Å². The lowest BCUT2D eigenvalue weighted by Crippen LogP contribution is -2.26. The molecule has 0 spiro atoms. The van der Waals surface area contributed by atoms with Gasteiger partial charge >= 0.3 is 0 Å². The summed E-state index contributed by atoms with van der Waals surface area (Å²) in [7, 11) is 0. The van der Waals surface area contributed by atoms with Crippen LogP contribution in [-0.2, 0) is 11.3 Å². The third-order valence-electron chi connectivity index (χ3n) is 5.19. The maximum absolute atomic E-state index is 13.4. The number of rotatable bonds is 12. The van der Waals surface area contributed by atoms with Crippen LogP contribution in [0, 0.1) is 0 Å². The van der Waals surface area contributed by atoms with E-state index in [1.165, 1.54) is 0 Å². The van der Waals surface area contributed by atoms with Gasteiger partial charge in [-0.3, -0.25) is 4.90 Å². The smallest absolute Gasteiger partial charge is 0.272 e. The second-order valence-electron chi connectivity index (χ2n) is 7.89. The number of nitrogens with zero attached hydrogens (tertiary/aromatic N) is 4. The van der Waals surface area contributed by atoms with Gasteiger partial charge in [0.25, 0.3) is 12.3 Å². The van der Waals surface area contributed by atoms with Crippen molar-refractivity contribution in [1.82, 2.24) is 4.90 Å². The molecule has 10 heteroatoms. The monoisotopic (exact) mass is 496 g/mol. The van der Waals surface area contributed by atoms with Gasteiger partial charge in [0, 0.05) is 36.7 Å². The maximum atomic E-state index is 13.4. The number of ether oxygens (including phenoxy) is 1. The van der Waals surface area contributed by atoms with Crippen molar-refractivity contribution in [2.45, 2.75) is 31.7 Å². The number of alkyl halides is 4. The molecule has 0 unspecified atom stereocenters. The van der Waals surface area contributed by atoms with Crippen LogP contribution in [0.3, 0.4) is 0 Å². The first-order valence-corrected chi connectivity index (χ1v) is 11.9. The summed E-state index contributed by atoms with van der Waals surface area (Å²) in [5, 5.41) is 7.10. The molecule has 0 amide bonds. The van der Waals surface area contributed by atoms with Crippen molar-refractivity contribution in [3.63, 3.8) is 0 Å². The van der Waals surface area contributed by atoms with Crippen LogP contribution in [0.4, 0.5) is 23.2 Å². The molecular weight excluding hydrogens is 468 g/mol. The van der Waals surface area contributed by atoms with E-state index in [9.17, 15) is 17.6 Å². The molecule has 0 saturated carbocycles. The van der Waals surface area contributed by atoms with Gasteiger partial charge in [0.15, 0.2) is 6.61 Å². The van der Waals surface area contributed by atoms with Crippen LogP contribution in [0.25, 0.3) is 0 Å². The minimum Gasteiger partial charge on any atom is -0.470 e. The van der Waals surface area contributed by atoms with Crippen molar-refractivity contribution in [2.24, 2.45) is 10.2 Å². The summed E-state index contributed by atoms with van der Waals surface area (Å²) >= 11 is 1.65. The summed E-state index contributed by atoms with van der Waals surface area (Å²) < 4.78 is 59.0. The number of para-hydroxylation sites is 1. The second-order valence-corrected chi connectivity index (χ2v) is 8.99. The molecule has 34 heavy (non-hydrogen) atoms.